The number of hydrogen-bond donors (Lipinski definition) is 1. The second kappa shape index (κ2) is 11.9. The van der Waals surface area contributed by atoms with E-state index in [1.54, 1.807) is 7.11 Å². The number of ether oxygens (including phenoxy) is 1. The fourth-order valence-electron chi connectivity index (χ4n) is 4.13. The summed E-state index contributed by atoms with van der Waals surface area (Å²) in [5.41, 5.74) is 1.37. The fourth-order valence-corrected chi connectivity index (χ4v) is 4.13. The lowest BCUT2D eigenvalue weighted by molar-refractivity contribution is 0.177. The summed E-state index contributed by atoms with van der Waals surface area (Å²) < 4.78 is 5.24. The van der Waals surface area contributed by atoms with Crippen molar-refractivity contribution < 1.29 is 4.74 Å². The molecule has 0 bridgehead atoms. The molecule has 6 heteroatoms. The maximum absolute atomic E-state index is 5.24. The highest BCUT2D eigenvalue weighted by Crippen LogP contribution is 2.20. The Kier molecular flexibility index (Phi) is 9.85. The summed E-state index contributed by atoms with van der Waals surface area (Å²) in [5, 5.41) is 3.64. The molecule has 5 nitrogen and oxygen atoms in total. The lowest BCUT2D eigenvalue weighted by Gasteiger charge is -2.35. The molecule has 0 aliphatic carbocycles. The molecule has 0 aromatic heterocycles. The second-order valence-corrected chi connectivity index (χ2v) is 8.17. The van der Waals surface area contributed by atoms with Gasteiger partial charge in [0.25, 0.3) is 0 Å². The van der Waals surface area contributed by atoms with E-state index >= 15 is 0 Å². The quantitative estimate of drug-likeness (QED) is 0.379. The van der Waals surface area contributed by atoms with Crippen molar-refractivity contribution in [3.8, 4) is 5.75 Å². The SMILES string of the molecule is CN=C(NCC1CCN(Cc2ccc(OC)cc2)CC1)N1CCC(C)CC1.I. The number of guanidine groups is 1. The second-order valence-electron chi connectivity index (χ2n) is 8.17. The number of likely N-dealkylation sites (tertiary alicyclic amines) is 2. The van der Waals surface area contributed by atoms with E-state index in [-0.39, 0.29) is 24.0 Å². The molecule has 2 aliphatic rings. The first-order valence-electron chi connectivity index (χ1n) is 10.5. The van der Waals surface area contributed by atoms with Crippen LogP contribution in [0.1, 0.15) is 38.2 Å². The summed E-state index contributed by atoms with van der Waals surface area (Å²) >= 11 is 0. The van der Waals surface area contributed by atoms with Gasteiger partial charge in [0.15, 0.2) is 5.96 Å². The number of aliphatic imine (C=N–C) groups is 1. The van der Waals surface area contributed by atoms with E-state index in [4.69, 9.17) is 4.74 Å². The molecule has 28 heavy (non-hydrogen) atoms. The van der Waals surface area contributed by atoms with Crippen LogP contribution in [0.15, 0.2) is 29.3 Å². The summed E-state index contributed by atoms with van der Waals surface area (Å²) in [5.74, 6) is 3.63. The first kappa shape index (κ1) is 23.3. The molecule has 158 valence electrons. The largest absolute Gasteiger partial charge is 0.497 e. The van der Waals surface area contributed by atoms with Gasteiger partial charge in [-0.3, -0.25) is 9.89 Å². The maximum Gasteiger partial charge on any atom is 0.193 e. The lowest BCUT2D eigenvalue weighted by atomic mass is 9.96. The van der Waals surface area contributed by atoms with Crippen LogP contribution in [-0.2, 0) is 6.54 Å². The Balaban J connectivity index is 0.00000280. The molecule has 0 radical (unpaired) electrons. The van der Waals surface area contributed by atoms with Crippen molar-refractivity contribution in [3.05, 3.63) is 29.8 Å². The fraction of sp³-hybridized carbons (Fsp3) is 0.682. The Bertz CT molecular complexity index is 591. The van der Waals surface area contributed by atoms with Crippen molar-refractivity contribution in [1.82, 2.24) is 15.1 Å². The summed E-state index contributed by atoms with van der Waals surface area (Å²) in [4.78, 5) is 9.51. The topological polar surface area (TPSA) is 40.1 Å². The molecule has 3 rings (SSSR count). The Hall–Kier alpha value is -1.02. The van der Waals surface area contributed by atoms with Gasteiger partial charge >= 0.3 is 0 Å². The molecular formula is C22H37IN4O. The van der Waals surface area contributed by atoms with Gasteiger partial charge in [0.2, 0.25) is 0 Å². The zero-order valence-electron chi connectivity index (χ0n) is 17.7. The highest BCUT2D eigenvalue weighted by molar-refractivity contribution is 14.0. The molecule has 2 heterocycles. The van der Waals surface area contributed by atoms with Gasteiger partial charge in [0.1, 0.15) is 5.75 Å². The van der Waals surface area contributed by atoms with E-state index in [0.29, 0.717) is 0 Å². The predicted molar refractivity (Wildman–Crippen MR) is 128 cm³/mol. The van der Waals surface area contributed by atoms with Gasteiger partial charge in [0, 0.05) is 33.2 Å². The van der Waals surface area contributed by atoms with Crippen molar-refractivity contribution in [2.24, 2.45) is 16.8 Å². The smallest absolute Gasteiger partial charge is 0.193 e. The third-order valence-electron chi connectivity index (χ3n) is 6.12. The van der Waals surface area contributed by atoms with Gasteiger partial charge in [-0.2, -0.15) is 0 Å². The molecule has 1 aromatic rings. The average Bonchev–Trinajstić information content (AvgIpc) is 2.71. The van der Waals surface area contributed by atoms with Gasteiger partial charge < -0.3 is 15.0 Å². The van der Waals surface area contributed by atoms with Crippen molar-refractivity contribution in [3.63, 3.8) is 0 Å². The van der Waals surface area contributed by atoms with E-state index in [1.807, 2.05) is 7.05 Å². The number of methoxy groups -OCH3 is 1. The number of halogens is 1. The minimum Gasteiger partial charge on any atom is -0.497 e. The molecule has 0 amide bonds. The van der Waals surface area contributed by atoms with Crippen LogP contribution in [-0.4, -0.2) is 62.6 Å². The molecule has 1 aromatic carbocycles. The van der Waals surface area contributed by atoms with Crippen LogP contribution < -0.4 is 10.1 Å². The average molecular weight is 500 g/mol. The van der Waals surface area contributed by atoms with E-state index in [2.05, 4.69) is 51.3 Å². The summed E-state index contributed by atoms with van der Waals surface area (Å²) in [7, 11) is 3.63. The molecular weight excluding hydrogens is 463 g/mol. The van der Waals surface area contributed by atoms with Crippen LogP contribution in [0, 0.1) is 11.8 Å². The zero-order chi connectivity index (χ0) is 19.1. The Labute approximate surface area is 187 Å². The third-order valence-corrected chi connectivity index (χ3v) is 6.12. The normalized spacial score (nSPS) is 20.0. The van der Waals surface area contributed by atoms with Gasteiger partial charge in [-0.1, -0.05) is 19.1 Å². The van der Waals surface area contributed by atoms with E-state index in [9.17, 15) is 0 Å². The molecule has 2 saturated heterocycles. The first-order valence-corrected chi connectivity index (χ1v) is 10.5. The van der Waals surface area contributed by atoms with Crippen molar-refractivity contribution in [1.29, 1.82) is 0 Å². The van der Waals surface area contributed by atoms with E-state index in [1.165, 1.54) is 44.3 Å². The molecule has 0 atom stereocenters. The highest BCUT2D eigenvalue weighted by Gasteiger charge is 2.22. The Morgan fingerprint density at radius 1 is 1.07 bits per heavy atom. The van der Waals surface area contributed by atoms with E-state index < -0.39 is 0 Å². The first-order chi connectivity index (χ1) is 13.2. The molecule has 2 aliphatic heterocycles. The minimum absolute atomic E-state index is 0. The summed E-state index contributed by atoms with van der Waals surface area (Å²) in [6.45, 7) is 9.08. The molecule has 0 unspecified atom stereocenters. The number of hydrogen-bond acceptors (Lipinski definition) is 3. The predicted octanol–water partition coefficient (Wildman–Crippen LogP) is 3.83. The standard InChI is InChI=1S/C22H36N4O.HI/c1-18-8-14-26(15-9-18)22(23-2)24-16-19-10-12-25(13-11-19)17-20-4-6-21(27-3)7-5-20;/h4-7,18-19H,8-17H2,1-3H3,(H,23,24);1H. The van der Waals surface area contributed by atoms with Crippen LogP contribution in [0.25, 0.3) is 0 Å². The van der Waals surface area contributed by atoms with Gasteiger partial charge in [-0.05, 0) is 68.3 Å². The lowest BCUT2D eigenvalue weighted by Crippen LogP contribution is -2.47. The molecule has 1 N–H and O–H groups in total. The Morgan fingerprint density at radius 2 is 1.71 bits per heavy atom. The number of rotatable bonds is 5. The number of nitrogens with zero attached hydrogens (tertiary/aromatic N) is 3. The summed E-state index contributed by atoms with van der Waals surface area (Å²) in [6, 6.07) is 8.46. The van der Waals surface area contributed by atoms with Crippen LogP contribution in [0.2, 0.25) is 0 Å². The highest BCUT2D eigenvalue weighted by atomic mass is 127. The van der Waals surface area contributed by atoms with Crippen molar-refractivity contribution in [2.75, 3.05) is 46.9 Å². The minimum atomic E-state index is 0. The van der Waals surface area contributed by atoms with Crippen LogP contribution >= 0.6 is 24.0 Å². The van der Waals surface area contributed by atoms with Crippen molar-refractivity contribution in [2.45, 2.75) is 39.2 Å². The third kappa shape index (κ3) is 6.79. The van der Waals surface area contributed by atoms with Gasteiger partial charge in [-0.15, -0.1) is 24.0 Å². The van der Waals surface area contributed by atoms with Crippen LogP contribution in [0.3, 0.4) is 0 Å². The zero-order valence-corrected chi connectivity index (χ0v) is 20.0. The van der Waals surface area contributed by atoms with E-state index in [0.717, 1.165) is 49.7 Å². The number of benzene rings is 1. The Morgan fingerprint density at radius 3 is 2.29 bits per heavy atom. The summed E-state index contributed by atoms with van der Waals surface area (Å²) in [6.07, 6.45) is 5.09. The monoisotopic (exact) mass is 500 g/mol. The number of piperidine rings is 2. The molecule has 0 saturated carbocycles. The number of nitrogens with one attached hydrogen (secondary N) is 1. The molecule has 2 fully saturated rings. The van der Waals surface area contributed by atoms with Crippen molar-refractivity contribution >= 4 is 29.9 Å². The maximum atomic E-state index is 5.24. The van der Waals surface area contributed by atoms with Crippen LogP contribution in [0.4, 0.5) is 0 Å². The molecule has 0 spiro atoms. The van der Waals surface area contributed by atoms with Gasteiger partial charge in [-0.25, -0.2) is 0 Å². The van der Waals surface area contributed by atoms with Gasteiger partial charge in [0.05, 0.1) is 7.11 Å². The van der Waals surface area contributed by atoms with Crippen LogP contribution in [0.5, 0.6) is 5.75 Å².